The van der Waals surface area contributed by atoms with Crippen LogP contribution in [-0.2, 0) is 9.59 Å². The molecule has 36 heavy (non-hydrogen) atoms. The quantitative estimate of drug-likeness (QED) is 0.356. The van der Waals surface area contributed by atoms with Gasteiger partial charge in [0.05, 0.1) is 11.3 Å². The summed E-state index contributed by atoms with van der Waals surface area (Å²) in [5.74, 6) is -1.51. The van der Waals surface area contributed by atoms with Gasteiger partial charge in [-0.3, -0.25) is 19.3 Å². The first-order chi connectivity index (χ1) is 17.1. The van der Waals surface area contributed by atoms with E-state index < -0.39 is 17.1 Å². The lowest BCUT2D eigenvalue weighted by Crippen LogP contribution is -2.30. The van der Waals surface area contributed by atoms with Crippen molar-refractivity contribution in [1.29, 1.82) is 0 Å². The van der Waals surface area contributed by atoms with Gasteiger partial charge in [0.2, 0.25) is 0 Å². The normalized spacial score (nSPS) is 14.6. The van der Waals surface area contributed by atoms with E-state index in [9.17, 15) is 14.4 Å². The molecule has 0 unspecified atom stereocenters. The minimum Gasteiger partial charge on any atom is -0.481 e. The van der Waals surface area contributed by atoms with Crippen molar-refractivity contribution in [3.05, 3.63) is 93.4 Å². The smallest absolute Gasteiger partial charge is 0.305 e. The first kappa shape index (κ1) is 25.3. The van der Waals surface area contributed by atoms with Crippen LogP contribution in [0.3, 0.4) is 0 Å². The van der Waals surface area contributed by atoms with Gasteiger partial charge in [-0.25, -0.2) is 0 Å². The Kier molecular flexibility index (Phi) is 7.31. The Morgan fingerprint density at radius 1 is 0.889 bits per heavy atom. The average molecular weight is 501 g/mol. The van der Waals surface area contributed by atoms with Crippen LogP contribution in [0, 0.1) is 27.7 Å². The van der Waals surface area contributed by atoms with E-state index >= 15 is 0 Å². The number of hydrogen-bond donors (Lipinski definition) is 1. The molecule has 1 saturated heterocycles. The molecule has 0 aromatic heterocycles. The fourth-order valence-electron chi connectivity index (χ4n) is 4.29. The molecule has 0 aliphatic carbocycles. The average Bonchev–Trinajstić information content (AvgIpc) is 3.08. The summed E-state index contributed by atoms with van der Waals surface area (Å²) in [5, 5.41) is 8.43. The highest BCUT2D eigenvalue weighted by molar-refractivity contribution is 8.18. The zero-order chi connectivity index (χ0) is 26.0. The van der Waals surface area contributed by atoms with Crippen molar-refractivity contribution in [3.63, 3.8) is 0 Å². The van der Waals surface area contributed by atoms with E-state index in [1.807, 2.05) is 24.3 Å². The van der Waals surface area contributed by atoms with Crippen LogP contribution in [0.1, 0.15) is 34.2 Å². The van der Waals surface area contributed by atoms with Gasteiger partial charge in [-0.15, -0.1) is 0 Å². The second kappa shape index (κ2) is 10.4. The van der Waals surface area contributed by atoms with Crippen molar-refractivity contribution in [2.24, 2.45) is 0 Å². The molecule has 1 aliphatic heterocycles. The molecule has 0 bridgehead atoms. The summed E-state index contributed by atoms with van der Waals surface area (Å²) in [6.07, 6.45) is 1.40. The molecule has 2 amide bonds. The summed E-state index contributed by atoms with van der Waals surface area (Å²) in [7, 11) is 0. The predicted octanol–water partition coefficient (Wildman–Crippen LogP) is 6.90. The molecule has 7 heteroatoms. The third-order valence-corrected chi connectivity index (χ3v) is 6.97. The lowest BCUT2D eigenvalue weighted by Gasteiger charge is -2.29. The zero-order valence-electron chi connectivity index (χ0n) is 20.7. The van der Waals surface area contributed by atoms with E-state index in [4.69, 9.17) is 5.11 Å². The van der Waals surface area contributed by atoms with Gasteiger partial charge in [-0.1, -0.05) is 47.5 Å². The number of aliphatic carboxylic acids is 1. The fourth-order valence-corrected chi connectivity index (χ4v) is 5.16. The molecule has 184 valence electrons. The SMILES string of the molecule is Cc1ccc(N(c2ccc(C=C3SC(=O)N(CCC(=O)O)C3=O)cc2)c2ccc(C)cc2C)c(C)c1. The largest absolute Gasteiger partial charge is 0.481 e. The van der Waals surface area contributed by atoms with E-state index in [1.54, 1.807) is 6.08 Å². The number of rotatable bonds is 7. The van der Waals surface area contributed by atoms with E-state index in [1.165, 1.54) is 11.1 Å². The van der Waals surface area contributed by atoms with Crippen LogP contribution in [-0.4, -0.2) is 33.7 Å². The summed E-state index contributed by atoms with van der Waals surface area (Å²) in [5.41, 5.74) is 8.64. The number of amides is 2. The van der Waals surface area contributed by atoms with Crippen molar-refractivity contribution in [2.45, 2.75) is 34.1 Å². The van der Waals surface area contributed by atoms with Gasteiger partial charge < -0.3 is 10.0 Å². The van der Waals surface area contributed by atoms with Gasteiger partial charge in [-0.2, -0.15) is 0 Å². The molecule has 0 spiro atoms. The number of benzene rings is 3. The monoisotopic (exact) mass is 500 g/mol. The van der Waals surface area contributed by atoms with Crippen LogP contribution < -0.4 is 4.90 Å². The van der Waals surface area contributed by atoms with E-state index in [-0.39, 0.29) is 13.0 Å². The molecule has 0 saturated carbocycles. The second-order valence-electron chi connectivity index (χ2n) is 8.98. The third kappa shape index (κ3) is 5.36. The number of anilines is 3. The van der Waals surface area contributed by atoms with Crippen molar-refractivity contribution in [2.75, 3.05) is 11.4 Å². The standard InChI is InChI=1S/C29H28N2O4S/c1-18-5-11-24(20(3)15-18)31(25-12-6-19(2)16-21(25)4)23-9-7-22(8-10-23)17-26-28(34)30(29(35)36-26)14-13-27(32)33/h5-12,15-17H,13-14H2,1-4H3,(H,32,33). The maximum absolute atomic E-state index is 12.6. The van der Waals surface area contributed by atoms with E-state index in [0.717, 1.165) is 50.4 Å². The molecule has 0 atom stereocenters. The van der Waals surface area contributed by atoms with Crippen molar-refractivity contribution in [3.8, 4) is 0 Å². The van der Waals surface area contributed by atoms with Crippen LogP contribution in [0.5, 0.6) is 0 Å². The topological polar surface area (TPSA) is 77.9 Å². The van der Waals surface area contributed by atoms with Crippen molar-refractivity contribution >= 4 is 52.0 Å². The summed E-state index contributed by atoms with van der Waals surface area (Å²) in [4.78, 5) is 39.2. The number of hydrogen-bond acceptors (Lipinski definition) is 5. The number of imide groups is 1. The van der Waals surface area contributed by atoms with Crippen LogP contribution >= 0.6 is 11.8 Å². The minimum atomic E-state index is -1.05. The number of aryl methyl sites for hydroxylation is 4. The lowest BCUT2D eigenvalue weighted by molar-refractivity contribution is -0.137. The van der Waals surface area contributed by atoms with Crippen LogP contribution in [0.15, 0.2) is 65.6 Å². The number of carboxylic acid groups (broad SMARTS) is 1. The molecule has 1 N–H and O–H groups in total. The molecule has 1 aliphatic rings. The number of thioether (sulfide) groups is 1. The summed E-state index contributed by atoms with van der Waals surface area (Å²) in [6, 6.07) is 20.6. The molecular weight excluding hydrogens is 472 g/mol. The molecule has 1 heterocycles. The van der Waals surface area contributed by atoms with Crippen LogP contribution in [0.2, 0.25) is 0 Å². The van der Waals surface area contributed by atoms with E-state index in [2.05, 4.69) is 69.0 Å². The van der Waals surface area contributed by atoms with Gasteiger partial charge in [0.15, 0.2) is 0 Å². The highest BCUT2D eigenvalue weighted by atomic mass is 32.2. The van der Waals surface area contributed by atoms with Gasteiger partial charge in [0.25, 0.3) is 11.1 Å². The summed E-state index contributed by atoms with van der Waals surface area (Å²) < 4.78 is 0. The number of carbonyl (C=O) groups is 3. The molecular formula is C29H28N2O4S. The maximum atomic E-state index is 12.6. The summed E-state index contributed by atoms with van der Waals surface area (Å²) in [6.45, 7) is 8.24. The Balaban J connectivity index is 1.67. The van der Waals surface area contributed by atoms with Gasteiger partial charge in [-0.05, 0) is 86.5 Å². The molecule has 4 rings (SSSR count). The van der Waals surface area contributed by atoms with Gasteiger partial charge in [0.1, 0.15) is 0 Å². The molecule has 0 radical (unpaired) electrons. The highest BCUT2D eigenvalue weighted by Crippen LogP contribution is 2.39. The Morgan fingerprint density at radius 3 is 1.94 bits per heavy atom. The number of nitrogens with zero attached hydrogens (tertiary/aromatic N) is 2. The number of carboxylic acids is 1. The highest BCUT2D eigenvalue weighted by Gasteiger charge is 2.35. The predicted molar refractivity (Wildman–Crippen MR) is 145 cm³/mol. The third-order valence-electron chi connectivity index (χ3n) is 6.06. The van der Waals surface area contributed by atoms with Crippen molar-refractivity contribution in [1.82, 2.24) is 4.90 Å². The second-order valence-corrected chi connectivity index (χ2v) is 9.98. The fraction of sp³-hybridized carbons (Fsp3) is 0.207. The number of carbonyl (C=O) groups excluding carboxylic acids is 2. The first-order valence-electron chi connectivity index (χ1n) is 11.7. The van der Waals surface area contributed by atoms with Crippen LogP contribution in [0.4, 0.5) is 21.9 Å². The Morgan fingerprint density at radius 2 is 1.44 bits per heavy atom. The Hall–Kier alpha value is -3.84. The minimum absolute atomic E-state index is 0.128. The molecule has 3 aromatic rings. The Labute approximate surface area is 215 Å². The molecule has 6 nitrogen and oxygen atoms in total. The van der Waals surface area contributed by atoms with Crippen molar-refractivity contribution < 1.29 is 19.5 Å². The summed E-state index contributed by atoms with van der Waals surface area (Å²) >= 11 is 0.834. The maximum Gasteiger partial charge on any atom is 0.305 e. The van der Waals surface area contributed by atoms with Crippen LogP contribution in [0.25, 0.3) is 6.08 Å². The molecule has 3 aromatic carbocycles. The first-order valence-corrected chi connectivity index (χ1v) is 12.5. The molecule has 1 fully saturated rings. The Bertz CT molecular complexity index is 1330. The van der Waals surface area contributed by atoms with E-state index in [0.29, 0.717) is 4.91 Å². The zero-order valence-corrected chi connectivity index (χ0v) is 21.6. The van der Waals surface area contributed by atoms with Gasteiger partial charge in [0, 0.05) is 23.6 Å². The lowest BCUT2D eigenvalue weighted by atomic mass is 10.0. The van der Waals surface area contributed by atoms with Gasteiger partial charge >= 0.3 is 5.97 Å².